The summed E-state index contributed by atoms with van der Waals surface area (Å²) in [7, 11) is 3.43. The molecule has 1 aromatic rings. The number of hydrogen-bond donors (Lipinski definition) is 1. The van der Waals surface area contributed by atoms with Crippen LogP contribution in [0.4, 0.5) is 4.79 Å². The van der Waals surface area contributed by atoms with Crippen molar-refractivity contribution in [3.63, 3.8) is 0 Å². The highest BCUT2D eigenvalue weighted by Gasteiger charge is 2.19. The van der Waals surface area contributed by atoms with E-state index in [4.69, 9.17) is 9.47 Å². The molecule has 1 unspecified atom stereocenters. The summed E-state index contributed by atoms with van der Waals surface area (Å²) in [6, 6.07) is 8.27. The van der Waals surface area contributed by atoms with Gasteiger partial charge in [-0.15, -0.1) is 0 Å². The molecule has 1 amide bonds. The Balaban J connectivity index is 2.32. The third-order valence-corrected chi connectivity index (χ3v) is 3.42. The standard InChI is InChI=1S/C18H30N2O3/c1-14(15-9-7-10-16(13-15)22-6)19-11-8-12-20(5)17(21)23-18(2,3)4/h7,9-10,13-14,19H,8,11-12H2,1-6H3. The van der Waals surface area contributed by atoms with E-state index < -0.39 is 5.60 Å². The Morgan fingerprint density at radius 1 is 1.35 bits per heavy atom. The molecule has 0 heterocycles. The molecule has 1 N–H and O–H groups in total. The number of ether oxygens (including phenoxy) is 2. The topological polar surface area (TPSA) is 50.8 Å². The maximum absolute atomic E-state index is 11.8. The lowest BCUT2D eigenvalue weighted by atomic mass is 10.1. The Kier molecular flexibility index (Phi) is 7.36. The van der Waals surface area contributed by atoms with E-state index in [2.05, 4.69) is 18.3 Å². The van der Waals surface area contributed by atoms with Gasteiger partial charge in [-0.1, -0.05) is 12.1 Å². The fraction of sp³-hybridized carbons (Fsp3) is 0.611. The zero-order chi connectivity index (χ0) is 17.5. The Morgan fingerprint density at radius 2 is 2.04 bits per heavy atom. The number of amides is 1. The monoisotopic (exact) mass is 322 g/mol. The number of rotatable bonds is 7. The minimum atomic E-state index is -0.454. The molecule has 0 saturated carbocycles. The largest absolute Gasteiger partial charge is 0.497 e. The zero-order valence-corrected chi connectivity index (χ0v) is 15.2. The predicted molar refractivity (Wildman–Crippen MR) is 92.9 cm³/mol. The molecule has 1 atom stereocenters. The predicted octanol–water partition coefficient (Wildman–Crippen LogP) is 3.60. The van der Waals surface area contributed by atoms with Gasteiger partial charge in [0.15, 0.2) is 0 Å². The molecule has 0 fully saturated rings. The Morgan fingerprint density at radius 3 is 2.65 bits per heavy atom. The summed E-state index contributed by atoms with van der Waals surface area (Å²) in [5, 5.41) is 3.46. The van der Waals surface area contributed by atoms with Gasteiger partial charge in [-0.2, -0.15) is 0 Å². The van der Waals surface area contributed by atoms with Gasteiger partial charge in [0.05, 0.1) is 7.11 Å². The van der Waals surface area contributed by atoms with Crippen LogP contribution in [0.3, 0.4) is 0 Å². The third kappa shape index (κ3) is 7.37. The van der Waals surface area contributed by atoms with Gasteiger partial charge in [0.2, 0.25) is 0 Å². The van der Waals surface area contributed by atoms with Gasteiger partial charge in [0.25, 0.3) is 0 Å². The summed E-state index contributed by atoms with van der Waals surface area (Å²) >= 11 is 0. The van der Waals surface area contributed by atoms with Crippen LogP contribution in [0.25, 0.3) is 0 Å². The molecule has 0 saturated heterocycles. The van der Waals surface area contributed by atoms with Crippen molar-refractivity contribution in [3.05, 3.63) is 29.8 Å². The molecule has 1 aromatic carbocycles. The number of benzene rings is 1. The number of nitrogens with one attached hydrogen (secondary N) is 1. The van der Waals surface area contributed by atoms with E-state index in [1.807, 2.05) is 39.0 Å². The fourth-order valence-electron chi connectivity index (χ4n) is 2.09. The summed E-state index contributed by atoms with van der Waals surface area (Å²) in [5.74, 6) is 0.862. The third-order valence-electron chi connectivity index (χ3n) is 3.42. The van der Waals surface area contributed by atoms with Gasteiger partial charge >= 0.3 is 6.09 Å². The number of carbonyl (C=O) groups excluding carboxylic acids is 1. The molecular weight excluding hydrogens is 292 g/mol. The van der Waals surface area contributed by atoms with Crippen molar-refractivity contribution in [1.29, 1.82) is 0 Å². The number of methoxy groups -OCH3 is 1. The lowest BCUT2D eigenvalue weighted by molar-refractivity contribution is 0.0297. The van der Waals surface area contributed by atoms with Gasteiger partial charge in [-0.05, 0) is 58.4 Å². The van der Waals surface area contributed by atoms with E-state index in [1.54, 1.807) is 19.1 Å². The Bertz CT molecular complexity index is 497. The van der Waals surface area contributed by atoms with Gasteiger partial charge < -0.3 is 19.7 Å². The molecule has 0 bridgehead atoms. The Hall–Kier alpha value is -1.75. The van der Waals surface area contributed by atoms with E-state index in [0.29, 0.717) is 6.54 Å². The van der Waals surface area contributed by atoms with Crippen molar-refractivity contribution >= 4 is 6.09 Å². The molecule has 1 rings (SSSR count). The van der Waals surface area contributed by atoms with Crippen molar-refractivity contribution in [2.24, 2.45) is 0 Å². The zero-order valence-electron chi connectivity index (χ0n) is 15.2. The summed E-state index contributed by atoms with van der Waals surface area (Å²) in [5.41, 5.74) is 0.731. The summed E-state index contributed by atoms with van der Waals surface area (Å²) in [4.78, 5) is 13.5. The molecule has 0 spiro atoms. The molecule has 0 aliphatic rings. The molecular formula is C18H30N2O3. The van der Waals surface area contributed by atoms with Crippen LogP contribution in [0.5, 0.6) is 5.75 Å². The molecule has 0 radical (unpaired) electrons. The second kappa shape index (κ2) is 8.77. The summed E-state index contributed by atoms with van der Waals surface area (Å²) in [6.45, 7) is 9.22. The number of nitrogens with zero attached hydrogens (tertiary/aromatic N) is 1. The first-order valence-electron chi connectivity index (χ1n) is 8.04. The van der Waals surface area contributed by atoms with Crippen LogP contribution in [-0.2, 0) is 4.74 Å². The molecule has 0 aromatic heterocycles. The van der Waals surface area contributed by atoms with E-state index in [9.17, 15) is 4.79 Å². The minimum absolute atomic E-state index is 0.233. The van der Waals surface area contributed by atoms with Gasteiger partial charge in [-0.25, -0.2) is 4.79 Å². The maximum Gasteiger partial charge on any atom is 0.410 e. The van der Waals surface area contributed by atoms with Crippen molar-refractivity contribution in [2.45, 2.75) is 45.8 Å². The van der Waals surface area contributed by atoms with Crippen molar-refractivity contribution in [2.75, 3.05) is 27.2 Å². The summed E-state index contributed by atoms with van der Waals surface area (Å²) < 4.78 is 10.6. The minimum Gasteiger partial charge on any atom is -0.497 e. The van der Waals surface area contributed by atoms with Crippen LogP contribution < -0.4 is 10.1 Å². The van der Waals surface area contributed by atoms with Gasteiger partial charge in [0.1, 0.15) is 11.4 Å². The first-order chi connectivity index (χ1) is 10.7. The van der Waals surface area contributed by atoms with E-state index in [0.717, 1.165) is 18.7 Å². The lowest BCUT2D eigenvalue weighted by Gasteiger charge is -2.24. The molecule has 5 heteroatoms. The highest BCUT2D eigenvalue weighted by molar-refractivity contribution is 5.67. The van der Waals surface area contributed by atoms with Gasteiger partial charge in [-0.3, -0.25) is 0 Å². The second-order valence-electron chi connectivity index (χ2n) is 6.71. The first-order valence-corrected chi connectivity index (χ1v) is 8.04. The average molecular weight is 322 g/mol. The van der Waals surface area contributed by atoms with Crippen LogP contribution >= 0.6 is 0 Å². The fourth-order valence-corrected chi connectivity index (χ4v) is 2.09. The van der Waals surface area contributed by atoms with Crippen LogP contribution in [0, 0.1) is 0 Å². The molecule has 0 aliphatic carbocycles. The molecule has 130 valence electrons. The van der Waals surface area contributed by atoms with Crippen molar-refractivity contribution in [3.8, 4) is 5.75 Å². The number of carbonyl (C=O) groups is 1. The van der Waals surface area contributed by atoms with E-state index in [-0.39, 0.29) is 12.1 Å². The van der Waals surface area contributed by atoms with E-state index >= 15 is 0 Å². The molecule has 5 nitrogen and oxygen atoms in total. The van der Waals surface area contributed by atoms with Crippen LogP contribution in [0.2, 0.25) is 0 Å². The van der Waals surface area contributed by atoms with Crippen LogP contribution in [-0.4, -0.2) is 43.8 Å². The van der Waals surface area contributed by atoms with Crippen molar-refractivity contribution < 1.29 is 14.3 Å². The second-order valence-corrected chi connectivity index (χ2v) is 6.71. The SMILES string of the molecule is COc1cccc(C(C)NCCCN(C)C(=O)OC(C)(C)C)c1. The van der Waals surface area contributed by atoms with Crippen LogP contribution in [0.15, 0.2) is 24.3 Å². The average Bonchev–Trinajstić information content (AvgIpc) is 2.49. The van der Waals surface area contributed by atoms with Gasteiger partial charge in [0, 0.05) is 19.6 Å². The lowest BCUT2D eigenvalue weighted by Crippen LogP contribution is -2.35. The quantitative estimate of drug-likeness (QED) is 0.779. The smallest absolute Gasteiger partial charge is 0.410 e. The van der Waals surface area contributed by atoms with Crippen molar-refractivity contribution in [1.82, 2.24) is 10.2 Å². The normalized spacial score (nSPS) is 12.6. The number of hydrogen-bond acceptors (Lipinski definition) is 4. The maximum atomic E-state index is 11.8. The van der Waals surface area contributed by atoms with Crippen LogP contribution in [0.1, 0.15) is 45.7 Å². The van der Waals surface area contributed by atoms with E-state index in [1.165, 1.54) is 5.56 Å². The Labute approximate surface area is 140 Å². The molecule has 0 aliphatic heterocycles. The molecule has 23 heavy (non-hydrogen) atoms. The summed E-state index contributed by atoms with van der Waals surface area (Å²) in [6.07, 6.45) is 0.586. The first kappa shape index (κ1) is 19.3. The highest BCUT2D eigenvalue weighted by Crippen LogP contribution is 2.18. The highest BCUT2D eigenvalue weighted by atomic mass is 16.6.